The first-order chi connectivity index (χ1) is 10.9. The number of aromatic nitrogens is 4. The van der Waals surface area contributed by atoms with Crippen LogP contribution in [0.15, 0.2) is 12.4 Å². The second kappa shape index (κ2) is 6.64. The van der Waals surface area contributed by atoms with Crippen LogP contribution >= 0.6 is 0 Å². The summed E-state index contributed by atoms with van der Waals surface area (Å²) in [5.41, 5.74) is 2.04. The van der Waals surface area contributed by atoms with Crippen molar-refractivity contribution in [3.8, 4) is 0 Å². The molecule has 0 aliphatic rings. The van der Waals surface area contributed by atoms with Gasteiger partial charge in [-0.2, -0.15) is 10.2 Å². The lowest BCUT2D eigenvalue weighted by Gasteiger charge is -2.13. The van der Waals surface area contributed by atoms with E-state index in [1.165, 1.54) is 17.3 Å². The van der Waals surface area contributed by atoms with Gasteiger partial charge in [0.1, 0.15) is 5.69 Å². The third-order valence-electron chi connectivity index (χ3n) is 3.64. The van der Waals surface area contributed by atoms with Crippen molar-refractivity contribution in [3.63, 3.8) is 0 Å². The average molecular weight is 318 g/mol. The molecule has 8 nitrogen and oxygen atoms in total. The van der Waals surface area contributed by atoms with Crippen LogP contribution in [0.2, 0.25) is 0 Å². The van der Waals surface area contributed by atoms with Gasteiger partial charge in [-0.15, -0.1) is 0 Å². The van der Waals surface area contributed by atoms with Gasteiger partial charge in [0.25, 0.3) is 11.8 Å². The van der Waals surface area contributed by atoms with Crippen molar-refractivity contribution in [2.45, 2.75) is 33.9 Å². The van der Waals surface area contributed by atoms with E-state index in [1.54, 1.807) is 23.5 Å². The molecule has 0 spiro atoms. The predicted octanol–water partition coefficient (Wildman–Crippen LogP) is 1.38. The van der Waals surface area contributed by atoms with E-state index in [9.17, 15) is 9.59 Å². The van der Waals surface area contributed by atoms with Crippen molar-refractivity contribution in [3.05, 3.63) is 29.3 Å². The molecule has 0 radical (unpaired) electrons. The number of hydrogen-bond donors (Lipinski definition) is 1. The van der Waals surface area contributed by atoms with E-state index in [4.69, 9.17) is 0 Å². The molecule has 0 saturated carbocycles. The summed E-state index contributed by atoms with van der Waals surface area (Å²) in [6.45, 7) is 6.92. The highest BCUT2D eigenvalue weighted by Gasteiger charge is 2.22. The Balaban J connectivity index is 2.33. The second-order valence-electron chi connectivity index (χ2n) is 5.34. The number of hydrogen-bond acceptors (Lipinski definition) is 4. The normalized spacial score (nSPS) is 10.7. The second-order valence-corrected chi connectivity index (χ2v) is 5.34. The molecule has 0 bridgehead atoms. The highest BCUT2D eigenvalue weighted by molar-refractivity contribution is 6.08. The van der Waals surface area contributed by atoms with Crippen molar-refractivity contribution in [2.24, 2.45) is 0 Å². The molecule has 0 saturated heterocycles. The van der Waals surface area contributed by atoms with Gasteiger partial charge in [0.15, 0.2) is 0 Å². The van der Waals surface area contributed by atoms with E-state index < -0.39 is 0 Å². The number of aryl methyl sites for hydroxylation is 2. The minimum atomic E-state index is -0.300. The van der Waals surface area contributed by atoms with Crippen molar-refractivity contribution in [1.82, 2.24) is 24.5 Å². The first-order valence-corrected chi connectivity index (χ1v) is 7.51. The van der Waals surface area contributed by atoms with Gasteiger partial charge < -0.3 is 10.2 Å². The van der Waals surface area contributed by atoms with Gasteiger partial charge >= 0.3 is 0 Å². The summed E-state index contributed by atoms with van der Waals surface area (Å²) in [4.78, 5) is 26.3. The first-order valence-electron chi connectivity index (χ1n) is 7.51. The van der Waals surface area contributed by atoms with E-state index in [2.05, 4.69) is 15.5 Å². The zero-order valence-electron chi connectivity index (χ0n) is 14.1. The first kappa shape index (κ1) is 16.7. The highest BCUT2D eigenvalue weighted by Crippen LogP contribution is 2.18. The smallest absolute Gasteiger partial charge is 0.273 e. The number of rotatable bonds is 5. The van der Waals surface area contributed by atoms with Crippen molar-refractivity contribution < 1.29 is 9.59 Å². The Morgan fingerprint density at radius 3 is 2.26 bits per heavy atom. The molecule has 0 aromatic carbocycles. The van der Waals surface area contributed by atoms with E-state index >= 15 is 0 Å². The third kappa shape index (κ3) is 3.10. The summed E-state index contributed by atoms with van der Waals surface area (Å²) in [5, 5.41) is 11.1. The van der Waals surface area contributed by atoms with Gasteiger partial charge in [0.2, 0.25) is 0 Å². The third-order valence-corrected chi connectivity index (χ3v) is 3.64. The van der Waals surface area contributed by atoms with Gasteiger partial charge in [-0.25, -0.2) is 0 Å². The molecule has 124 valence electrons. The highest BCUT2D eigenvalue weighted by atomic mass is 16.2. The summed E-state index contributed by atoms with van der Waals surface area (Å²) >= 11 is 0. The number of amides is 2. The lowest BCUT2D eigenvalue weighted by molar-refractivity contribution is 0.0816. The maximum atomic E-state index is 12.5. The number of nitrogens with zero attached hydrogens (tertiary/aromatic N) is 5. The average Bonchev–Trinajstić information content (AvgIpc) is 3.09. The number of carbonyl (C=O) groups is 2. The summed E-state index contributed by atoms with van der Waals surface area (Å²) in [6.07, 6.45) is 3.03. The van der Waals surface area contributed by atoms with Gasteiger partial charge in [-0.1, -0.05) is 0 Å². The molecular formula is C15H22N6O2. The molecular weight excluding hydrogens is 296 g/mol. The lowest BCUT2D eigenvalue weighted by Crippen LogP contribution is -2.26. The van der Waals surface area contributed by atoms with E-state index in [-0.39, 0.29) is 11.8 Å². The van der Waals surface area contributed by atoms with E-state index in [1.807, 2.05) is 20.8 Å². The molecule has 2 amide bonds. The molecule has 0 atom stereocenters. The maximum Gasteiger partial charge on any atom is 0.273 e. The fourth-order valence-corrected chi connectivity index (χ4v) is 2.33. The van der Waals surface area contributed by atoms with Crippen molar-refractivity contribution in [1.29, 1.82) is 0 Å². The van der Waals surface area contributed by atoms with Crippen LogP contribution in [0, 0.1) is 6.92 Å². The van der Waals surface area contributed by atoms with Crippen molar-refractivity contribution in [2.75, 3.05) is 19.4 Å². The maximum absolute atomic E-state index is 12.5. The molecule has 2 aromatic heterocycles. The Hall–Kier alpha value is -2.64. The minimum absolute atomic E-state index is 0.208. The topological polar surface area (TPSA) is 85.0 Å². The summed E-state index contributed by atoms with van der Waals surface area (Å²) in [7, 11) is 3.33. The lowest BCUT2D eigenvalue weighted by atomic mass is 10.2. The number of nitrogens with one attached hydrogen (secondary N) is 1. The molecule has 0 aliphatic carbocycles. The Labute approximate surface area is 135 Å². The quantitative estimate of drug-likeness (QED) is 0.902. The van der Waals surface area contributed by atoms with Crippen LogP contribution in [0.1, 0.15) is 40.4 Å². The van der Waals surface area contributed by atoms with Crippen LogP contribution in [0.25, 0.3) is 0 Å². The van der Waals surface area contributed by atoms with E-state index in [0.29, 0.717) is 30.0 Å². The Morgan fingerprint density at radius 1 is 1.13 bits per heavy atom. The fraction of sp³-hybridized carbons (Fsp3) is 0.467. The number of carbonyl (C=O) groups excluding carboxylic acids is 2. The molecule has 0 aliphatic heterocycles. The Morgan fingerprint density at radius 2 is 1.74 bits per heavy atom. The Bertz CT molecular complexity index is 728. The number of anilines is 1. The zero-order valence-corrected chi connectivity index (χ0v) is 14.1. The predicted molar refractivity (Wildman–Crippen MR) is 86.5 cm³/mol. The minimum Gasteiger partial charge on any atom is -0.343 e. The van der Waals surface area contributed by atoms with E-state index in [0.717, 1.165) is 5.69 Å². The SMILES string of the molecule is CCn1ncc(C(=O)Nc2cnn(CC)c2C(=O)N(C)C)c1C. The Kier molecular flexibility index (Phi) is 4.83. The van der Waals surface area contributed by atoms with Crippen LogP contribution < -0.4 is 5.32 Å². The molecule has 8 heteroatoms. The van der Waals surface area contributed by atoms with Crippen LogP contribution in [0.5, 0.6) is 0 Å². The fourth-order valence-electron chi connectivity index (χ4n) is 2.33. The van der Waals surface area contributed by atoms with Crippen LogP contribution in [-0.2, 0) is 13.1 Å². The summed E-state index contributed by atoms with van der Waals surface area (Å²) in [6, 6.07) is 0. The standard InChI is InChI=1S/C15H22N6O2/c1-6-20-10(3)11(8-16-20)14(22)18-12-9-17-21(7-2)13(12)15(23)19(4)5/h8-9H,6-7H2,1-5H3,(H,18,22). The monoisotopic (exact) mass is 318 g/mol. The largest absolute Gasteiger partial charge is 0.343 e. The molecule has 2 aromatic rings. The molecule has 1 N–H and O–H groups in total. The molecule has 0 fully saturated rings. The summed E-state index contributed by atoms with van der Waals surface area (Å²) in [5.74, 6) is -0.508. The van der Waals surface area contributed by atoms with Gasteiger partial charge in [0.05, 0.1) is 23.6 Å². The van der Waals surface area contributed by atoms with Crippen molar-refractivity contribution >= 4 is 17.5 Å². The van der Waals surface area contributed by atoms with Crippen LogP contribution in [-0.4, -0.2) is 50.4 Å². The molecule has 2 heterocycles. The van der Waals surface area contributed by atoms with Gasteiger partial charge in [-0.05, 0) is 20.8 Å². The summed E-state index contributed by atoms with van der Waals surface area (Å²) < 4.78 is 3.32. The molecule has 2 rings (SSSR count). The zero-order chi connectivity index (χ0) is 17.1. The molecule has 23 heavy (non-hydrogen) atoms. The molecule has 0 unspecified atom stereocenters. The van der Waals surface area contributed by atoms with Crippen LogP contribution in [0.4, 0.5) is 5.69 Å². The van der Waals surface area contributed by atoms with Gasteiger partial charge in [0, 0.05) is 32.9 Å². The van der Waals surface area contributed by atoms with Crippen LogP contribution in [0.3, 0.4) is 0 Å². The van der Waals surface area contributed by atoms with Gasteiger partial charge in [-0.3, -0.25) is 19.0 Å².